The molecule has 0 atom stereocenters. The lowest BCUT2D eigenvalue weighted by Gasteiger charge is -2.35. The molecule has 21 heavy (non-hydrogen) atoms. The van der Waals surface area contributed by atoms with Gasteiger partial charge < -0.3 is 9.64 Å². The van der Waals surface area contributed by atoms with Crippen LogP contribution in [-0.2, 0) is 4.74 Å². The first kappa shape index (κ1) is 14.5. The third kappa shape index (κ3) is 3.43. The number of aromatic nitrogens is 2. The van der Waals surface area contributed by atoms with Gasteiger partial charge in [-0.3, -0.25) is 9.88 Å². The maximum Gasteiger partial charge on any atom is 0.147 e. The molecule has 1 fully saturated rings. The number of piperazine rings is 1. The van der Waals surface area contributed by atoms with Crippen molar-refractivity contribution in [1.29, 1.82) is 0 Å². The fraction of sp³-hybridized carbons (Fsp3) is 0.467. The fourth-order valence-electron chi connectivity index (χ4n) is 2.55. The summed E-state index contributed by atoms with van der Waals surface area (Å²) in [6.07, 6.45) is 1.84. The van der Waals surface area contributed by atoms with Gasteiger partial charge in [-0.2, -0.15) is 0 Å². The van der Waals surface area contributed by atoms with E-state index in [2.05, 4.69) is 19.8 Å². The van der Waals surface area contributed by atoms with Crippen LogP contribution in [0.2, 0.25) is 5.02 Å². The number of benzene rings is 1. The molecule has 0 bridgehead atoms. The zero-order valence-corrected chi connectivity index (χ0v) is 12.9. The molecule has 1 aliphatic heterocycles. The maximum atomic E-state index is 5.97. The minimum Gasteiger partial charge on any atom is -0.383 e. The average molecular weight is 307 g/mol. The number of anilines is 1. The average Bonchev–Trinajstić information content (AvgIpc) is 2.53. The molecule has 112 valence electrons. The van der Waals surface area contributed by atoms with Crippen molar-refractivity contribution in [2.75, 3.05) is 51.3 Å². The highest BCUT2D eigenvalue weighted by Crippen LogP contribution is 2.20. The topological polar surface area (TPSA) is 41.5 Å². The summed E-state index contributed by atoms with van der Waals surface area (Å²) in [7, 11) is 1.74. The minimum absolute atomic E-state index is 0.691. The SMILES string of the molecule is COCCN1CCN(c2cnc3cc(Cl)ccc3n2)CC1. The van der Waals surface area contributed by atoms with Gasteiger partial charge in [-0.05, 0) is 18.2 Å². The van der Waals surface area contributed by atoms with Crippen molar-refractivity contribution in [3.8, 4) is 0 Å². The quantitative estimate of drug-likeness (QED) is 0.865. The Labute approximate surface area is 129 Å². The molecule has 0 aliphatic carbocycles. The first-order chi connectivity index (χ1) is 10.3. The standard InChI is InChI=1S/C15H19ClN4O/c1-21-9-8-19-4-6-20(7-5-19)15-11-17-14-10-12(16)2-3-13(14)18-15/h2-3,10-11H,4-9H2,1H3. The highest BCUT2D eigenvalue weighted by molar-refractivity contribution is 6.31. The summed E-state index contributed by atoms with van der Waals surface area (Å²) in [5.41, 5.74) is 1.73. The Morgan fingerprint density at radius 3 is 2.76 bits per heavy atom. The number of rotatable bonds is 4. The molecule has 0 saturated carbocycles. The van der Waals surface area contributed by atoms with Crippen molar-refractivity contribution in [2.45, 2.75) is 0 Å². The van der Waals surface area contributed by atoms with Crippen molar-refractivity contribution in [2.24, 2.45) is 0 Å². The van der Waals surface area contributed by atoms with Crippen LogP contribution in [-0.4, -0.2) is 61.3 Å². The number of hydrogen-bond donors (Lipinski definition) is 0. The van der Waals surface area contributed by atoms with Crippen LogP contribution in [0.5, 0.6) is 0 Å². The van der Waals surface area contributed by atoms with Crippen LogP contribution in [0.4, 0.5) is 5.82 Å². The first-order valence-electron chi connectivity index (χ1n) is 7.15. The molecule has 1 aromatic carbocycles. The van der Waals surface area contributed by atoms with Crippen LogP contribution >= 0.6 is 11.6 Å². The molecule has 2 aromatic rings. The van der Waals surface area contributed by atoms with E-state index in [0.717, 1.165) is 56.2 Å². The van der Waals surface area contributed by atoms with E-state index >= 15 is 0 Å². The van der Waals surface area contributed by atoms with Crippen LogP contribution in [0.15, 0.2) is 24.4 Å². The van der Waals surface area contributed by atoms with Crippen molar-refractivity contribution in [1.82, 2.24) is 14.9 Å². The molecule has 1 aliphatic rings. The van der Waals surface area contributed by atoms with Gasteiger partial charge in [0, 0.05) is 44.9 Å². The molecule has 1 saturated heterocycles. The lowest BCUT2D eigenvalue weighted by atomic mass is 10.3. The van der Waals surface area contributed by atoms with Gasteiger partial charge in [0.05, 0.1) is 23.8 Å². The van der Waals surface area contributed by atoms with Gasteiger partial charge in [0.15, 0.2) is 0 Å². The largest absolute Gasteiger partial charge is 0.383 e. The van der Waals surface area contributed by atoms with Crippen molar-refractivity contribution in [3.05, 3.63) is 29.4 Å². The summed E-state index contributed by atoms with van der Waals surface area (Å²) in [5, 5.41) is 0.691. The maximum absolute atomic E-state index is 5.97. The van der Waals surface area contributed by atoms with E-state index in [-0.39, 0.29) is 0 Å². The van der Waals surface area contributed by atoms with Gasteiger partial charge in [0.2, 0.25) is 0 Å². The lowest BCUT2D eigenvalue weighted by molar-refractivity contribution is 0.144. The Hall–Kier alpha value is -1.43. The van der Waals surface area contributed by atoms with E-state index in [9.17, 15) is 0 Å². The summed E-state index contributed by atoms with van der Waals surface area (Å²) in [5.74, 6) is 0.941. The van der Waals surface area contributed by atoms with Gasteiger partial charge in [0.25, 0.3) is 0 Å². The number of nitrogens with zero attached hydrogens (tertiary/aromatic N) is 4. The second-order valence-electron chi connectivity index (χ2n) is 5.18. The molecule has 1 aromatic heterocycles. The summed E-state index contributed by atoms with van der Waals surface area (Å²) in [6.45, 7) is 5.78. The molecule has 3 rings (SSSR count). The normalized spacial score (nSPS) is 16.6. The first-order valence-corrected chi connectivity index (χ1v) is 7.52. The summed E-state index contributed by atoms with van der Waals surface area (Å²) >= 11 is 5.97. The molecule has 0 N–H and O–H groups in total. The third-order valence-corrected chi connectivity index (χ3v) is 4.03. The van der Waals surface area contributed by atoms with Gasteiger partial charge in [-0.1, -0.05) is 11.6 Å². The molecule has 0 spiro atoms. The zero-order valence-electron chi connectivity index (χ0n) is 12.1. The summed E-state index contributed by atoms with van der Waals surface area (Å²) in [4.78, 5) is 13.8. The Kier molecular flexibility index (Phi) is 4.53. The fourth-order valence-corrected chi connectivity index (χ4v) is 2.71. The molecule has 0 amide bonds. The Balaban J connectivity index is 1.69. The number of fused-ring (bicyclic) bond motifs is 1. The summed E-state index contributed by atoms with van der Waals surface area (Å²) < 4.78 is 5.13. The van der Waals surface area contributed by atoms with Crippen LogP contribution in [0.1, 0.15) is 0 Å². The van der Waals surface area contributed by atoms with Gasteiger partial charge >= 0.3 is 0 Å². The Bertz CT molecular complexity index is 614. The predicted molar refractivity (Wildman–Crippen MR) is 85.1 cm³/mol. The van der Waals surface area contributed by atoms with E-state index in [1.807, 2.05) is 24.4 Å². The van der Waals surface area contributed by atoms with Crippen molar-refractivity contribution < 1.29 is 4.74 Å². The van der Waals surface area contributed by atoms with E-state index < -0.39 is 0 Å². The minimum atomic E-state index is 0.691. The molecular formula is C15H19ClN4O. The van der Waals surface area contributed by atoms with Gasteiger partial charge in [-0.15, -0.1) is 0 Å². The lowest BCUT2D eigenvalue weighted by Crippen LogP contribution is -2.47. The predicted octanol–water partition coefficient (Wildman–Crippen LogP) is 2.05. The molecule has 0 radical (unpaired) electrons. The molecule has 2 heterocycles. The zero-order chi connectivity index (χ0) is 14.7. The Morgan fingerprint density at radius 1 is 1.19 bits per heavy atom. The van der Waals surface area contributed by atoms with Crippen molar-refractivity contribution >= 4 is 28.5 Å². The van der Waals surface area contributed by atoms with Crippen LogP contribution in [0, 0.1) is 0 Å². The summed E-state index contributed by atoms with van der Waals surface area (Å²) in [6, 6.07) is 5.62. The molecule has 5 nitrogen and oxygen atoms in total. The number of halogens is 1. The van der Waals surface area contributed by atoms with Gasteiger partial charge in [-0.25, -0.2) is 4.98 Å². The molecule has 0 unspecified atom stereocenters. The molecular weight excluding hydrogens is 288 g/mol. The monoisotopic (exact) mass is 306 g/mol. The van der Waals surface area contributed by atoms with E-state index in [0.29, 0.717) is 5.02 Å². The third-order valence-electron chi connectivity index (χ3n) is 3.80. The number of ether oxygens (including phenoxy) is 1. The van der Waals surface area contributed by atoms with E-state index in [1.54, 1.807) is 7.11 Å². The second kappa shape index (κ2) is 6.56. The van der Waals surface area contributed by atoms with Crippen LogP contribution in [0.3, 0.4) is 0 Å². The number of hydrogen-bond acceptors (Lipinski definition) is 5. The number of methoxy groups -OCH3 is 1. The van der Waals surface area contributed by atoms with E-state index in [1.165, 1.54) is 0 Å². The van der Waals surface area contributed by atoms with Crippen LogP contribution < -0.4 is 4.90 Å². The highest BCUT2D eigenvalue weighted by atomic mass is 35.5. The highest BCUT2D eigenvalue weighted by Gasteiger charge is 2.18. The van der Waals surface area contributed by atoms with Gasteiger partial charge in [0.1, 0.15) is 5.82 Å². The van der Waals surface area contributed by atoms with Crippen molar-refractivity contribution in [3.63, 3.8) is 0 Å². The van der Waals surface area contributed by atoms with Crippen LogP contribution in [0.25, 0.3) is 11.0 Å². The molecule has 6 heteroatoms. The smallest absolute Gasteiger partial charge is 0.147 e. The van der Waals surface area contributed by atoms with E-state index in [4.69, 9.17) is 16.3 Å². The Morgan fingerprint density at radius 2 is 2.00 bits per heavy atom. The second-order valence-corrected chi connectivity index (χ2v) is 5.62.